The van der Waals surface area contributed by atoms with E-state index in [1.807, 2.05) is 29.4 Å². The molecule has 3 aliphatic rings. The van der Waals surface area contributed by atoms with Gasteiger partial charge in [0.15, 0.2) is 5.66 Å². The van der Waals surface area contributed by atoms with Crippen LogP contribution < -0.4 is 0 Å². The largest absolute Gasteiger partial charge is 0.334 e. The molecule has 5 heteroatoms. The topological polar surface area (TPSA) is 57.9 Å². The average Bonchev–Trinajstić information content (AvgIpc) is 3.30. The van der Waals surface area contributed by atoms with Crippen molar-refractivity contribution < 1.29 is 4.79 Å². The van der Waals surface area contributed by atoms with E-state index >= 15 is 0 Å². The van der Waals surface area contributed by atoms with Crippen molar-refractivity contribution >= 4 is 5.91 Å². The Morgan fingerprint density at radius 3 is 2.62 bits per heavy atom. The van der Waals surface area contributed by atoms with Crippen LogP contribution in [0.1, 0.15) is 56.6 Å². The summed E-state index contributed by atoms with van der Waals surface area (Å²) in [5.74, 6) is 2.84. The lowest BCUT2D eigenvalue weighted by Gasteiger charge is -2.62. The molecule has 1 saturated carbocycles. The van der Waals surface area contributed by atoms with Crippen LogP contribution in [0.15, 0.2) is 34.8 Å². The van der Waals surface area contributed by atoms with E-state index in [-0.39, 0.29) is 17.6 Å². The minimum atomic E-state index is -0.368. The summed E-state index contributed by atoms with van der Waals surface area (Å²) in [4.78, 5) is 18.9. The second-order valence-electron chi connectivity index (χ2n) is 7.31. The summed E-state index contributed by atoms with van der Waals surface area (Å²) in [7, 11) is 0. The van der Waals surface area contributed by atoms with Gasteiger partial charge in [-0.3, -0.25) is 9.78 Å². The van der Waals surface area contributed by atoms with Crippen LogP contribution in [0.5, 0.6) is 0 Å². The van der Waals surface area contributed by atoms with Gasteiger partial charge in [-0.2, -0.15) is 10.2 Å². The highest BCUT2D eigenvalue weighted by Crippen LogP contribution is 2.60. The Morgan fingerprint density at radius 2 is 2.04 bits per heavy atom. The summed E-state index contributed by atoms with van der Waals surface area (Å²) in [5, 5.41) is 8.26. The van der Waals surface area contributed by atoms with Gasteiger partial charge in [0, 0.05) is 50.0 Å². The van der Waals surface area contributed by atoms with Crippen molar-refractivity contribution in [1.82, 2.24) is 9.88 Å². The fourth-order valence-corrected chi connectivity index (χ4v) is 4.23. The molecule has 0 aromatic carbocycles. The maximum atomic E-state index is 12.8. The van der Waals surface area contributed by atoms with Crippen LogP contribution in [0, 0.1) is 17.8 Å². The summed E-state index contributed by atoms with van der Waals surface area (Å²) >= 11 is 0. The Morgan fingerprint density at radius 1 is 1.29 bits per heavy atom. The van der Waals surface area contributed by atoms with Crippen molar-refractivity contribution in [2.75, 3.05) is 6.54 Å². The molecule has 2 fully saturated rings. The molecule has 2 aliphatic heterocycles. The molecular weight excluding hydrogens is 300 g/mol. The Bertz CT molecular complexity index is 696. The van der Waals surface area contributed by atoms with Crippen LogP contribution in [0.25, 0.3) is 0 Å². The quantitative estimate of drug-likeness (QED) is 0.753. The third kappa shape index (κ3) is 2.50. The number of aromatic nitrogens is 1. The van der Waals surface area contributed by atoms with E-state index in [0.29, 0.717) is 24.7 Å². The molecule has 24 heavy (non-hydrogen) atoms. The monoisotopic (exact) mass is 322 g/mol. The summed E-state index contributed by atoms with van der Waals surface area (Å²) in [6.07, 6.45) is 15.3. The molecule has 4 rings (SSSR count). The number of amides is 1. The van der Waals surface area contributed by atoms with Crippen molar-refractivity contribution in [3.8, 4) is 12.3 Å². The van der Waals surface area contributed by atoms with Crippen molar-refractivity contribution in [1.29, 1.82) is 0 Å². The van der Waals surface area contributed by atoms with E-state index < -0.39 is 0 Å². The Labute approximate surface area is 142 Å². The number of pyridine rings is 1. The number of nitrogens with zero attached hydrogens (tertiary/aromatic N) is 4. The first kappa shape index (κ1) is 15.3. The van der Waals surface area contributed by atoms with Crippen molar-refractivity contribution in [3.63, 3.8) is 0 Å². The van der Waals surface area contributed by atoms with Crippen molar-refractivity contribution in [2.45, 2.75) is 56.7 Å². The lowest BCUT2D eigenvalue weighted by molar-refractivity contribution is -0.169. The molecule has 0 radical (unpaired) electrons. The van der Waals surface area contributed by atoms with Gasteiger partial charge in [0.1, 0.15) is 0 Å². The molecule has 1 saturated heterocycles. The maximum Gasteiger partial charge on any atom is 0.223 e. The van der Waals surface area contributed by atoms with E-state index in [9.17, 15) is 4.79 Å². The van der Waals surface area contributed by atoms with E-state index in [2.05, 4.69) is 21.1 Å². The van der Waals surface area contributed by atoms with Gasteiger partial charge < -0.3 is 4.90 Å². The van der Waals surface area contributed by atoms with Crippen LogP contribution in [-0.4, -0.2) is 28.0 Å². The fourth-order valence-electron chi connectivity index (χ4n) is 4.23. The highest BCUT2D eigenvalue weighted by molar-refractivity contribution is 5.78. The molecule has 1 unspecified atom stereocenters. The smallest absolute Gasteiger partial charge is 0.223 e. The number of hydrogen-bond donors (Lipinski definition) is 0. The molecular formula is C19H22N4O. The number of hydrogen-bond acceptors (Lipinski definition) is 4. The predicted molar refractivity (Wildman–Crippen MR) is 89.9 cm³/mol. The van der Waals surface area contributed by atoms with Crippen molar-refractivity contribution in [3.05, 3.63) is 30.1 Å². The van der Waals surface area contributed by atoms with E-state index in [1.165, 1.54) is 24.8 Å². The summed E-state index contributed by atoms with van der Waals surface area (Å²) < 4.78 is 0. The summed E-state index contributed by atoms with van der Waals surface area (Å²) in [6.45, 7) is 0.893. The van der Waals surface area contributed by atoms with Crippen LogP contribution in [0.4, 0.5) is 0 Å². The van der Waals surface area contributed by atoms with Crippen LogP contribution in [-0.2, 0) is 4.79 Å². The third-order valence-electron chi connectivity index (χ3n) is 5.86. The van der Waals surface area contributed by atoms with Crippen LogP contribution in [0.2, 0.25) is 0 Å². The zero-order valence-electron chi connectivity index (χ0n) is 13.8. The SMILES string of the molecule is C#CCCC1(CCC(=O)N2CC3(CCC3)C2c2ccncc2)N=N1. The summed E-state index contributed by atoms with van der Waals surface area (Å²) in [6, 6.07) is 4.31. The molecule has 0 bridgehead atoms. The lowest BCUT2D eigenvalue weighted by atomic mass is 9.56. The van der Waals surface area contributed by atoms with E-state index in [4.69, 9.17) is 6.42 Å². The first-order chi connectivity index (χ1) is 11.7. The third-order valence-corrected chi connectivity index (χ3v) is 5.86. The van der Waals surface area contributed by atoms with Gasteiger partial charge in [0.05, 0.1) is 6.04 Å². The molecule has 3 heterocycles. The number of carbonyl (C=O) groups is 1. The minimum Gasteiger partial charge on any atom is -0.334 e. The molecule has 1 aromatic rings. The van der Waals surface area contributed by atoms with E-state index in [0.717, 1.165) is 13.0 Å². The standard InChI is InChI=1S/C19H22N4O/c1-2-3-10-19(21-22-19)11-5-16(24)23-14-18(8-4-9-18)17(23)15-6-12-20-13-7-15/h1,6-7,12-13,17H,3-5,8-11,14H2. The maximum absolute atomic E-state index is 12.8. The summed E-state index contributed by atoms with van der Waals surface area (Å²) in [5.41, 5.74) is 1.16. The predicted octanol–water partition coefficient (Wildman–Crippen LogP) is 3.49. The zero-order valence-corrected chi connectivity index (χ0v) is 13.8. The Kier molecular flexibility index (Phi) is 3.64. The second-order valence-corrected chi connectivity index (χ2v) is 7.31. The van der Waals surface area contributed by atoms with Gasteiger partial charge in [-0.05, 0) is 30.5 Å². The zero-order chi connectivity index (χ0) is 16.6. The number of likely N-dealkylation sites (tertiary alicyclic amines) is 1. The first-order valence-electron chi connectivity index (χ1n) is 8.75. The van der Waals surface area contributed by atoms with E-state index in [1.54, 1.807) is 0 Å². The number of carbonyl (C=O) groups excluding carboxylic acids is 1. The highest BCUT2D eigenvalue weighted by Gasteiger charge is 2.57. The molecule has 0 N–H and O–H groups in total. The molecule has 124 valence electrons. The molecule has 1 aliphatic carbocycles. The Balaban J connectivity index is 1.40. The molecule has 1 amide bonds. The molecule has 1 atom stereocenters. The highest BCUT2D eigenvalue weighted by atomic mass is 16.2. The first-order valence-corrected chi connectivity index (χ1v) is 8.75. The lowest BCUT2D eigenvalue weighted by Crippen LogP contribution is -2.63. The van der Waals surface area contributed by atoms with Gasteiger partial charge in [0.25, 0.3) is 0 Å². The average molecular weight is 322 g/mol. The molecule has 1 aromatic heterocycles. The minimum absolute atomic E-state index is 0.215. The van der Waals surface area contributed by atoms with Crippen LogP contribution >= 0.6 is 0 Å². The van der Waals surface area contributed by atoms with Crippen molar-refractivity contribution in [2.24, 2.45) is 15.6 Å². The fraction of sp³-hybridized carbons (Fsp3) is 0.579. The van der Waals surface area contributed by atoms with Gasteiger partial charge >= 0.3 is 0 Å². The number of rotatable bonds is 6. The van der Waals surface area contributed by atoms with Gasteiger partial charge in [-0.25, -0.2) is 0 Å². The second kappa shape index (κ2) is 5.70. The number of terminal acetylenes is 1. The molecule has 5 nitrogen and oxygen atoms in total. The van der Waals surface area contributed by atoms with Crippen LogP contribution in [0.3, 0.4) is 0 Å². The van der Waals surface area contributed by atoms with Gasteiger partial charge in [-0.15, -0.1) is 12.3 Å². The van der Waals surface area contributed by atoms with Gasteiger partial charge in [-0.1, -0.05) is 6.42 Å². The van der Waals surface area contributed by atoms with Gasteiger partial charge in [0.2, 0.25) is 5.91 Å². The normalized spacial score (nSPS) is 24.8. The Hall–Kier alpha value is -2.22. The molecule has 1 spiro atoms.